The molecule has 0 aliphatic carbocycles. The number of hydrogen-bond donors (Lipinski definition) is 0. The Bertz CT molecular complexity index is 881. The summed E-state index contributed by atoms with van der Waals surface area (Å²) in [7, 11) is 0. The zero-order valence-corrected chi connectivity index (χ0v) is 15.3. The van der Waals surface area contributed by atoms with Crippen molar-refractivity contribution in [3.63, 3.8) is 0 Å². The first-order valence-corrected chi connectivity index (χ1v) is 8.51. The summed E-state index contributed by atoms with van der Waals surface area (Å²) in [5.41, 5.74) is -3.23. The number of amides is 1. The molecular formula is C17H16F6N4O2. The summed E-state index contributed by atoms with van der Waals surface area (Å²) >= 11 is 0. The molecule has 2 aromatic heterocycles. The lowest BCUT2D eigenvalue weighted by molar-refractivity contribution is -0.143. The molecule has 2 atom stereocenters. The number of carbonyl (C=O) groups is 1. The topological polar surface area (TPSA) is 60.2 Å². The van der Waals surface area contributed by atoms with Crippen molar-refractivity contribution in [2.24, 2.45) is 0 Å². The van der Waals surface area contributed by atoms with Gasteiger partial charge >= 0.3 is 12.4 Å². The van der Waals surface area contributed by atoms with E-state index in [1.807, 2.05) is 0 Å². The molecule has 0 saturated carbocycles. The number of rotatable bonds is 2. The number of alkyl halides is 6. The third-order valence-electron chi connectivity index (χ3n) is 4.27. The summed E-state index contributed by atoms with van der Waals surface area (Å²) in [5, 5.41) is 3.57. The summed E-state index contributed by atoms with van der Waals surface area (Å²) in [4.78, 5) is 17.4. The van der Waals surface area contributed by atoms with Gasteiger partial charge in [-0.3, -0.25) is 4.79 Å². The molecule has 1 aliphatic rings. The van der Waals surface area contributed by atoms with Crippen LogP contribution in [0.1, 0.15) is 35.5 Å². The van der Waals surface area contributed by atoms with Gasteiger partial charge in [-0.25, -0.2) is 9.67 Å². The number of carbonyl (C=O) groups excluding carboxylic acids is 1. The highest BCUT2D eigenvalue weighted by molar-refractivity contribution is 5.95. The Labute approximate surface area is 161 Å². The average Bonchev–Trinajstić information content (AvgIpc) is 3.05. The minimum absolute atomic E-state index is 0.101. The van der Waals surface area contributed by atoms with Crippen LogP contribution in [0.3, 0.4) is 0 Å². The standard InChI is InChI=1S/C17H16F6N4O2/c1-9-7-26(8-10(2)29-9)15(28)12-6-25-27(14(12)17(21,22)23)13-4-3-11(5-24-13)16(18,19)20/h3-6,9-10H,7-8H2,1-2H3/t9-,10-/m0/s1. The third kappa shape index (κ3) is 4.36. The highest BCUT2D eigenvalue weighted by Crippen LogP contribution is 2.35. The first-order valence-electron chi connectivity index (χ1n) is 8.51. The van der Waals surface area contributed by atoms with Gasteiger partial charge in [-0.2, -0.15) is 31.4 Å². The molecule has 158 valence electrons. The second-order valence-electron chi connectivity index (χ2n) is 6.69. The van der Waals surface area contributed by atoms with Crippen molar-refractivity contribution in [1.29, 1.82) is 0 Å². The lowest BCUT2D eigenvalue weighted by atomic mass is 10.1. The van der Waals surface area contributed by atoms with E-state index in [4.69, 9.17) is 4.74 Å². The Balaban J connectivity index is 2.01. The molecule has 0 unspecified atom stereocenters. The smallest absolute Gasteiger partial charge is 0.372 e. The van der Waals surface area contributed by atoms with Crippen LogP contribution in [0.2, 0.25) is 0 Å². The van der Waals surface area contributed by atoms with Crippen LogP contribution < -0.4 is 0 Å². The Morgan fingerprint density at radius 2 is 1.66 bits per heavy atom. The van der Waals surface area contributed by atoms with Gasteiger partial charge in [0.1, 0.15) is 0 Å². The first kappa shape index (κ1) is 21.1. The van der Waals surface area contributed by atoms with E-state index in [0.717, 1.165) is 12.3 Å². The van der Waals surface area contributed by atoms with Crippen molar-refractivity contribution in [3.05, 3.63) is 41.3 Å². The molecule has 0 spiro atoms. The van der Waals surface area contributed by atoms with Gasteiger partial charge in [-0.15, -0.1) is 0 Å². The van der Waals surface area contributed by atoms with Crippen LogP contribution in [0.4, 0.5) is 26.3 Å². The maximum atomic E-state index is 13.7. The lowest BCUT2D eigenvalue weighted by Gasteiger charge is -2.35. The summed E-state index contributed by atoms with van der Waals surface area (Å²) in [6, 6.07) is 1.36. The van der Waals surface area contributed by atoms with E-state index in [1.165, 1.54) is 4.90 Å². The highest BCUT2D eigenvalue weighted by Gasteiger charge is 2.42. The predicted molar refractivity (Wildman–Crippen MR) is 87.3 cm³/mol. The number of morpholine rings is 1. The van der Waals surface area contributed by atoms with Crippen LogP contribution in [0.15, 0.2) is 24.5 Å². The van der Waals surface area contributed by atoms with E-state index < -0.39 is 40.9 Å². The number of ether oxygens (including phenoxy) is 1. The van der Waals surface area contributed by atoms with Crippen LogP contribution in [-0.4, -0.2) is 50.9 Å². The van der Waals surface area contributed by atoms with Gasteiger partial charge in [0.15, 0.2) is 11.5 Å². The van der Waals surface area contributed by atoms with E-state index in [-0.39, 0.29) is 25.3 Å². The number of nitrogens with zero attached hydrogens (tertiary/aromatic N) is 4. The van der Waals surface area contributed by atoms with E-state index in [2.05, 4.69) is 10.1 Å². The van der Waals surface area contributed by atoms with Crippen molar-refractivity contribution < 1.29 is 35.9 Å². The van der Waals surface area contributed by atoms with Crippen molar-refractivity contribution in [2.75, 3.05) is 13.1 Å². The molecular weight excluding hydrogens is 406 g/mol. The molecule has 1 aliphatic heterocycles. The van der Waals surface area contributed by atoms with Crippen LogP contribution in [0, 0.1) is 0 Å². The number of hydrogen-bond acceptors (Lipinski definition) is 4. The summed E-state index contributed by atoms with van der Waals surface area (Å²) in [6.45, 7) is 3.58. The van der Waals surface area contributed by atoms with E-state index in [0.29, 0.717) is 16.9 Å². The normalized spacial score (nSPS) is 20.8. The van der Waals surface area contributed by atoms with Crippen molar-refractivity contribution >= 4 is 5.91 Å². The molecule has 0 aromatic carbocycles. The first-order chi connectivity index (χ1) is 13.4. The summed E-state index contributed by atoms with van der Waals surface area (Å²) in [5.74, 6) is -1.38. The van der Waals surface area contributed by atoms with Gasteiger partial charge in [-0.05, 0) is 26.0 Å². The number of halogens is 6. The monoisotopic (exact) mass is 422 g/mol. The van der Waals surface area contributed by atoms with Crippen LogP contribution >= 0.6 is 0 Å². The fraction of sp³-hybridized carbons (Fsp3) is 0.471. The van der Waals surface area contributed by atoms with Gasteiger partial charge in [0.2, 0.25) is 0 Å². The minimum atomic E-state index is -4.99. The maximum Gasteiger partial charge on any atom is 0.434 e. The van der Waals surface area contributed by atoms with Gasteiger partial charge in [0, 0.05) is 19.3 Å². The van der Waals surface area contributed by atoms with Gasteiger partial charge in [0.25, 0.3) is 5.91 Å². The van der Waals surface area contributed by atoms with E-state index >= 15 is 0 Å². The molecule has 0 radical (unpaired) electrons. The highest BCUT2D eigenvalue weighted by atomic mass is 19.4. The van der Waals surface area contributed by atoms with E-state index in [9.17, 15) is 31.1 Å². The predicted octanol–water partition coefficient (Wildman–Crippen LogP) is 3.55. The zero-order chi connectivity index (χ0) is 21.6. The zero-order valence-electron chi connectivity index (χ0n) is 15.3. The molecule has 3 heterocycles. The summed E-state index contributed by atoms with van der Waals surface area (Å²) in [6.07, 6.45) is -9.24. The molecule has 0 bridgehead atoms. The molecule has 3 rings (SSSR count). The Morgan fingerprint density at radius 1 is 1.03 bits per heavy atom. The SMILES string of the molecule is C[C@H]1CN(C(=O)c2cnn(-c3ccc(C(F)(F)F)cn3)c2C(F)(F)F)C[C@H](C)O1. The number of pyridine rings is 1. The Morgan fingerprint density at radius 3 is 2.14 bits per heavy atom. The lowest BCUT2D eigenvalue weighted by Crippen LogP contribution is -2.48. The molecule has 0 N–H and O–H groups in total. The number of aromatic nitrogens is 3. The molecule has 2 aromatic rings. The van der Waals surface area contributed by atoms with Crippen molar-refractivity contribution in [3.8, 4) is 5.82 Å². The maximum absolute atomic E-state index is 13.7. The molecule has 29 heavy (non-hydrogen) atoms. The minimum Gasteiger partial charge on any atom is -0.372 e. The van der Waals surface area contributed by atoms with E-state index in [1.54, 1.807) is 13.8 Å². The Hall–Kier alpha value is -2.63. The summed E-state index contributed by atoms with van der Waals surface area (Å²) < 4.78 is 84.9. The van der Waals surface area contributed by atoms with Crippen LogP contribution in [0.5, 0.6) is 0 Å². The van der Waals surface area contributed by atoms with Crippen LogP contribution in [0.25, 0.3) is 5.82 Å². The average molecular weight is 422 g/mol. The molecule has 1 saturated heterocycles. The van der Waals surface area contributed by atoms with Crippen LogP contribution in [-0.2, 0) is 17.1 Å². The molecule has 1 amide bonds. The second kappa shape index (κ2) is 7.32. The molecule has 6 nitrogen and oxygen atoms in total. The quantitative estimate of drug-likeness (QED) is 0.695. The van der Waals surface area contributed by atoms with Gasteiger partial charge < -0.3 is 9.64 Å². The molecule has 1 fully saturated rings. The Kier molecular flexibility index (Phi) is 5.32. The fourth-order valence-corrected chi connectivity index (χ4v) is 3.14. The van der Waals surface area contributed by atoms with Crippen molar-refractivity contribution in [1.82, 2.24) is 19.7 Å². The largest absolute Gasteiger partial charge is 0.434 e. The third-order valence-corrected chi connectivity index (χ3v) is 4.27. The van der Waals surface area contributed by atoms with Gasteiger partial charge in [0.05, 0.1) is 29.5 Å². The van der Waals surface area contributed by atoms with Gasteiger partial charge in [-0.1, -0.05) is 0 Å². The molecule has 12 heteroatoms. The fourth-order valence-electron chi connectivity index (χ4n) is 3.14. The second-order valence-corrected chi connectivity index (χ2v) is 6.69. The van der Waals surface area contributed by atoms with Crippen molar-refractivity contribution in [2.45, 2.75) is 38.4 Å².